The minimum atomic E-state index is -0.736. The van der Waals surface area contributed by atoms with Gasteiger partial charge in [0.25, 0.3) is 0 Å². The van der Waals surface area contributed by atoms with Gasteiger partial charge in [0.05, 0.1) is 5.92 Å². The van der Waals surface area contributed by atoms with Crippen LogP contribution in [0, 0.1) is 5.92 Å². The van der Waals surface area contributed by atoms with Gasteiger partial charge in [-0.3, -0.25) is 4.79 Å². The molecule has 1 fully saturated rings. The number of halogens is 2. The number of hydrogen-bond acceptors (Lipinski definition) is 2. The van der Waals surface area contributed by atoms with E-state index in [1.165, 1.54) is 0 Å². The lowest BCUT2D eigenvalue weighted by Gasteiger charge is -2.26. The van der Waals surface area contributed by atoms with E-state index in [9.17, 15) is 9.90 Å². The molecule has 0 radical (unpaired) electrons. The van der Waals surface area contributed by atoms with Gasteiger partial charge in [0, 0.05) is 28.2 Å². The number of fused-ring (bicyclic) bond motifs is 1. The van der Waals surface area contributed by atoms with E-state index in [0.717, 1.165) is 29.7 Å². The van der Waals surface area contributed by atoms with Crippen molar-refractivity contribution in [3.8, 4) is 0 Å². The van der Waals surface area contributed by atoms with Crippen LogP contribution < -0.4 is 5.32 Å². The lowest BCUT2D eigenvalue weighted by atomic mass is 9.78. The maximum absolute atomic E-state index is 12.1. The lowest BCUT2D eigenvalue weighted by Crippen LogP contribution is -2.28. The molecular formula is C20H19Cl2NO2. The molecule has 2 N–H and O–H groups in total. The second-order valence-corrected chi connectivity index (χ2v) is 7.97. The van der Waals surface area contributed by atoms with Crippen molar-refractivity contribution in [3.05, 3.63) is 63.6 Å². The molecule has 25 heavy (non-hydrogen) atoms. The van der Waals surface area contributed by atoms with Crippen molar-refractivity contribution in [1.29, 1.82) is 0 Å². The van der Waals surface area contributed by atoms with Gasteiger partial charge in [-0.2, -0.15) is 0 Å². The summed E-state index contributed by atoms with van der Waals surface area (Å²) in [6.45, 7) is 0.667. The molecule has 2 aromatic carbocycles. The molecule has 1 aliphatic carbocycles. The zero-order valence-electron chi connectivity index (χ0n) is 13.6. The first-order valence-electron chi connectivity index (χ1n) is 8.51. The van der Waals surface area contributed by atoms with Crippen LogP contribution in [0.1, 0.15) is 36.3 Å². The fraction of sp³-hybridized carbons (Fsp3) is 0.350. The Kier molecular flexibility index (Phi) is 4.17. The first-order chi connectivity index (χ1) is 12.0. The van der Waals surface area contributed by atoms with Crippen LogP contribution in [0.5, 0.6) is 0 Å². The van der Waals surface area contributed by atoms with Crippen molar-refractivity contribution < 1.29 is 9.90 Å². The molecule has 2 aliphatic rings. The van der Waals surface area contributed by atoms with E-state index in [1.54, 1.807) is 6.07 Å². The van der Waals surface area contributed by atoms with Crippen molar-refractivity contribution >= 4 is 34.9 Å². The topological polar surface area (TPSA) is 49.3 Å². The highest BCUT2D eigenvalue weighted by atomic mass is 35.5. The summed E-state index contributed by atoms with van der Waals surface area (Å²) in [5.41, 5.74) is 3.05. The fourth-order valence-corrected chi connectivity index (χ4v) is 4.76. The average molecular weight is 376 g/mol. The van der Waals surface area contributed by atoms with Gasteiger partial charge in [-0.05, 0) is 54.0 Å². The molecule has 0 aromatic heterocycles. The smallest absolute Gasteiger partial charge is 0.307 e. The molecule has 1 saturated carbocycles. The first-order valence-corrected chi connectivity index (χ1v) is 9.27. The van der Waals surface area contributed by atoms with Crippen molar-refractivity contribution in [1.82, 2.24) is 0 Å². The quantitative estimate of drug-likeness (QED) is 0.742. The summed E-state index contributed by atoms with van der Waals surface area (Å²) in [5.74, 6) is -1.19. The Labute approximate surface area is 157 Å². The summed E-state index contributed by atoms with van der Waals surface area (Å²) in [7, 11) is 0. The highest BCUT2D eigenvalue weighted by molar-refractivity contribution is 6.35. The molecule has 4 rings (SSSR count). The van der Waals surface area contributed by atoms with Crippen LogP contribution in [0.2, 0.25) is 10.0 Å². The van der Waals surface area contributed by atoms with Crippen molar-refractivity contribution in [2.45, 2.75) is 30.6 Å². The van der Waals surface area contributed by atoms with Crippen LogP contribution in [0.15, 0.2) is 42.5 Å². The Morgan fingerprint density at radius 2 is 2.00 bits per heavy atom. The molecule has 2 unspecified atom stereocenters. The maximum Gasteiger partial charge on any atom is 0.307 e. The molecule has 3 nitrogen and oxygen atoms in total. The van der Waals surface area contributed by atoms with Gasteiger partial charge in [-0.1, -0.05) is 47.5 Å². The predicted molar refractivity (Wildman–Crippen MR) is 101 cm³/mol. The lowest BCUT2D eigenvalue weighted by molar-refractivity contribution is -0.143. The summed E-state index contributed by atoms with van der Waals surface area (Å²) >= 11 is 12.4. The number of benzene rings is 2. The van der Waals surface area contributed by atoms with Gasteiger partial charge < -0.3 is 10.4 Å². The van der Waals surface area contributed by atoms with Crippen LogP contribution in [0.3, 0.4) is 0 Å². The molecule has 0 spiro atoms. The monoisotopic (exact) mass is 375 g/mol. The van der Waals surface area contributed by atoms with E-state index < -0.39 is 11.9 Å². The molecular weight excluding hydrogens is 357 g/mol. The summed E-state index contributed by atoms with van der Waals surface area (Å²) in [4.78, 5) is 12.1. The number of nitrogens with one attached hydrogen (secondary N) is 1. The number of rotatable bonds is 5. The number of carboxylic acid groups (broad SMARTS) is 1. The number of carboxylic acids is 1. The molecule has 2 atom stereocenters. The van der Waals surface area contributed by atoms with E-state index in [4.69, 9.17) is 23.2 Å². The summed E-state index contributed by atoms with van der Waals surface area (Å²) < 4.78 is 0. The minimum absolute atomic E-state index is 0.0164. The van der Waals surface area contributed by atoms with Gasteiger partial charge in [-0.25, -0.2) is 0 Å². The molecule has 0 amide bonds. The molecule has 2 aromatic rings. The van der Waals surface area contributed by atoms with Crippen LogP contribution in [0.25, 0.3) is 0 Å². The van der Waals surface area contributed by atoms with Crippen LogP contribution in [-0.2, 0) is 10.2 Å². The normalized spacial score (nSPS) is 21.3. The third kappa shape index (κ3) is 3.00. The Hall–Kier alpha value is -1.71. The molecule has 1 heterocycles. The van der Waals surface area contributed by atoms with E-state index in [1.807, 2.05) is 36.4 Å². The second kappa shape index (κ2) is 6.22. The van der Waals surface area contributed by atoms with Gasteiger partial charge in [-0.15, -0.1) is 0 Å². The van der Waals surface area contributed by atoms with Gasteiger partial charge >= 0.3 is 5.97 Å². The molecule has 0 bridgehead atoms. The van der Waals surface area contributed by atoms with Crippen molar-refractivity contribution in [2.24, 2.45) is 5.92 Å². The van der Waals surface area contributed by atoms with Gasteiger partial charge in [0.1, 0.15) is 0 Å². The van der Waals surface area contributed by atoms with E-state index in [0.29, 0.717) is 23.0 Å². The minimum Gasteiger partial charge on any atom is -0.481 e. The number of anilines is 1. The zero-order chi connectivity index (χ0) is 17.6. The average Bonchev–Trinajstić information content (AvgIpc) is 3.23. The number of aliphatic carboxylic acids is 1. The highest BCUT2D eigenvalue weighted by Crippen LogP contribution is 2.56. The Bertz CT molecular complexity index is 832. The van der Waals surface area contributed by atoms with E-state index in [-0.39, 0.29) is 11.3 Å². The van der Waals surface area contributed by atoms with Crippen LogP contribution in [0.4, 0.5) is 5.69 Å². The summed E-state index contributed by atoms with van der Waals surface area (Å²) in [6.07, 6.45) is 2.55. The Balaban J connectivity index is 1.64. The van der Waals surface area contributed by atoms with Crippen molar-refractivity contribution in [2.75, 3.05) is 11.9 Å². The third-order valence-corrected chi connectivity index (χ3v) is 6.19. The third-order valence-electron chi connectivity index (χ3n) is 5.64. The second-order valence-electron chi connectivity index (χ2n) is 7.13. The molecule has 1 aliphatic heterocycles. The molecule has 0 saturated heterocycles. The van der Waals surface area contributed by atoms with Crippen LogP contribution >= 0.6 is 23.2 Å². The largest absolute Gasteiger partial charge is 0.481 e. The molecule has 5 heteroatoms. The Morgan fingerprint density at radius 3 is 2.68 bits per heavy atom. The predicted octanol–water partition coefficient (Wildman–Crippen LogP) is 5.33. The highest BCUT2D eigenvalue weighted by Gasteiger charge is 2.50. The SMILES string of the molecule is O=C(O)C(CC1(c2ccc(Cl)cc2Cl)CC1)C1CNc2ccccc21. The summed E-state index contributed by atoms with van der Waals surface area (Å²) in [5, 5.41) is 14.5. The van der Waals surface area contributed by atoms with Crippen LogP contribution in [-0.4, -0.2) is 17.6 Å². The number of hydrogen-bond donors (Lipinski definition) is 2. The van der Waals surface area contributed by atoms with Crippen molar-refractivity contribution in [3.63, 3.8) is 0 Å². The van der Waals surface area contributed by atoms with Gasteiger partial charge in [0.2, 0.25) is 0 Å². The number of para-hydroxylation sites is 1. The molecule has 130 valence electrons. The fourth-order valence-electron chi connectivity index (χ4n) is 4.15. The Morgan fingerprint density at radius 1 is 1.24 bits per heavy atom. The summed E-state index contributed by atoms with van der Waals surface area (Å²) in [6, 6.07) is 13.5. The first kappa shape index (κ1) is 16.7. The van der Waals surface area contributed by atoms with E-state index in [2.05, 4.69) is 5.32 Å². The number of carbonyl (C=O) groups is 1. The zero-order valence-corrected chi connectivity index (χ0v) is 15.1. The maximum atomic E-state index is 12.1. The standard InChI is InChI=1S/C20H19Cl2NO2/c21-12-5-6-16(17(22)9-12)20(7-8-20)10-14(19(24)25)15-11-23-18-4-2-1-3-13(15)18/h1-6,9,14-15,23H,7-8,10-11H2,(H,24,25). The van der Waals surface area contributed by atoms with Gasteiger partial charge in [0.15, 0.2) is 0 Å². The van der Waals surface area contributed by atoms with E-state index >= 15 is 0 Å².